The molecule has 0 saturated carbocycles. The Labute approximate surface area is 177 Å². The van der Waals surface area contributed by atoms with E-state index in [4.69, 9.17) is 0 Å². The van der Waals surface area contributed by atoms with Crippen molar-refractivity contribution in [1.29, 1.82) is 0 Å². The van der Waals surface area contributed by atoms with Gasteiger partial charge in [-0.15, -0.1) is 0 Å². The van der Waals surface area contributed by atoms with E-state index in [-0.39, 0.29) is 23.9 Å². The van der Waals surface area contributed by atoms with Gasteiger partial charge in [0.2, 0.25) is 5.91 Å². The molecule has 0 fully saturated rings. The molecule has 0 unspecified atom stereocenters. The molecule has 1 amide bonds. The number of carbonyl (C=O) groups excluding carboxylic acids is 1. The molecule has 0 atom stereocenters. The molecule has 1 aromatic heterocycles. The highest BCUT2D eigenvalue weighted by Gasteiger charge is 2.40. The number of hydrogen-bond donors (Lipinski definition) is 1. The Morgan fingerprint density at radius 2 is 1.69 bits per heavy atom. The molecular formula is C21H16F7N3O. The number of H-pyrrole nitrogens is 1. The molecule has 11 heteroatoms. The molecule has 1 heterocycles. The van der Waals surface area contributed by atoms with Crippen molar-refractivity contribution < 1.29 is 35.5 Å². The van der Waals surface area contributed by atoms with E-state index in [2.05, 4.69) is 10.2 Å². The van der Waals surface area contributed by atoms with Crippen LogP contribution in [-0.4, -0.2) is 22.6 Å². The molecule has 0 bridgehead atoms. The molecule has 32 heavy (non-hydrogen) atoms. The lowest BCUT2D eigenvalue weighted by atomic mass is 9.91. The number of rotatable bonds is 5. The minimum atomic E-state index is -5.15. The van der Waals surface area contributed by atoms with Crippen LogP contribution >= 0.6 is 0 Å². The van der Waals surface area contributed by atoms with Crippen LogP contribution in [0.4, 0.5) is 36.4 Å². The van der Waals surface area contributed by atoms with Crippen molar-refractivity contribution in [2.24, 2.45) is 0 Å². The summed E-state index contributed by atoms with van der Waals surface area (Å²) in [6.07, 6.45) is -8.81. The largest absolute Gasteiger partial charge is 0.416 e. The zero-order valence-electron chi connectivity index (χ0n) is 16.5. The number of benzene rings is 2. The van der Waals surface area contributed by atoms with E-state index < -0.39 is 52.8 Å². The van der Waals surface area contributed by atoms with E-state index in [0.717, 1.165) is 29.4 Å². The van der Waals surface area contributed by atoms with E-state index in [1.807, 2.05) is 0 Å². The number of aromatic nitrogens is 2. The van der Waals surface area contributed by atoms with E-state index in [1.165, 1.54) is 12.1 Å². The molecule has 0 aliphatic rings. The first-order valence-corrected chi connectivity index (χ1v) is 9.28. The van der Waals surface area contributed by atoms with Gasteiger partial charge in [0.15, 0.2) is 0 Å². The number of anilines is 1. The second-order valence-electron chi connectivity index (χ2n) is 6.82. The van der Waals surface area contributed by atoms with Gasteiger partial charge in [0.1, 0.15) is 5.82 Å². The number of likely N-dealkylation sites (N-methyl/N-ethyl adjacent to an activating group) is 1. The molecule has 0 spiro atoms. The van der Waals surface area contributed by atoms with Gasteiger partial charge in [0.05, 0.1) is 23.7 Å². The molecule has 170 valence electrons. The molecule has 0 radical (unpaired) electrons. The zero-order valence-corrected chi connectivity index (χ0v) is 16.5. The average Bonchev–Trinajstić information content (AvgIpc) is 3.23. The number of halogens is 7. The van der Waals surface area contributed by atoms with Crippen LogP contribution in [0.15, 0.2) is 48.8 Å². The summed E-state index contributed by atoms with van der Waals surface area (Å²) in [7, 11) is 0. The predicted molar refractivity (Wildman–Crippen MR) is 102 cm³/mol. The van der Waals surface area contributed by atoms with Gasteiger partial charge in [0.25, 0.3) is 0 Å². The van der Waals surface area contributed by atoms with Gasteiger partial charge in [-0.25, -0.2) is 4.39 Å². The van der Waals surface area contributed by atoms with Gasteiger partial charge >= 0.3 is 12.4 Å². The number of nitrogens with one attached hydrogen (secondary N) is 1. The Morgan fingerprint density at radius 1 is 1.03 bits per heavy atom. The summed E-state index contributed by atoms with van der Waals surface area (Å²) in [5.74, 6) is -1.37. The number of amides is 1. The van der Waals surface area contributed by atoms with Crippen LogP contribution in [0.1, 0.15) is 23.6 Å². The Morgan fingerprint density at radius 3 is 2.19 bits per heavy atom. The minimum Gasteiger partial charge on any atom is -0.312 e. The zero-order chi connectivity index (χ0) is 23.7. The summed E-state index contributed by atoms with van der Waals surface area (Å²) in [5.41, 5.74) is -3.88. The Kier molecular flexibility index (Phi) is 6.29. The molecule has 0 aliphatic carbocycles. The first-order valence-electron chi connectivity index (χ1n) is 9.28. The molecule has 4 nitrogen and oxygen atoms in total. The molecule has 3 rings (SSSR count). The SMILES string of the molecule is CCN(C(=O)Cc1c(-c2cn[nH]c2)cc(C(F)(F)F)cc1C(F)(F)F)c1ccc(F)cc1. The van der Waals surface area contributed by atoms with Gasteiger partial charge in [-0.2, -0.15) is 31.4 Å². The summed E-state index contributed by atoms with van der Waals surface area (Å²) < 4.78 is 94.5. The first-order chi connectivity index (χ1) is 14.9. The van der Waals surface area contributed by atoms with Crippen molar-refractivity contribution in [2.75, 3.05) is 11.4 Å². The van der Waals surface area contributed by atoms with E-state index in [1.54, 1.807) is 6.92 Å². The topological polar surface area (TPSA) is 49.0 Å². The lowest BCUT2D eigenvalue weighted by Gasteiger charge is -2.24. The van der Waals surface area contributed by atoms with Crippen LogP contribution in [-0.2, 0) is 23.6 Å². The number of hydrogen-bond acceptors (Lipinski definition) is 2. The van der Waals surface area contributed by atoms with Crippen LogP contribution < -0.4 is 4.90 Å². The van der Waals surface area contributed by atoms with Crippen LogP contribution in [0.25, 0.3) is 11.1 Å². The Balaban J connectivity index is 2.15. The minimum absolute atomic E-state index is 0.000373. The molecule has 3 aromatic rings. The van der Waals surface area contributed by atoms with Gasteiger partial charge in [-0.3, -0.25) is 9.89 Å². The third-order valence-corrected chi connectivity index (χ3v) is 4.78. The number of alkyl halides is 6. The molecular weight excluding hydrogens is 443 g/mol. The van der Waals surface area contributed by atoms with E-state index in [9.17, 15) is 35.5 Å². The maximum absolute atomic E-state index is 13.8. The monoisotopic (exact) mass is 459 g/mol. The van der Waals surface area contributed by atoms with Gasteiger partial charge in [0, 0.05) is 24.0 Å². The van der Waals surface area contributed by atoms with Crippen molar-refractivity contribution in [1.82, 2.24) is 10.2 Å². The summed E-state index contributed by atoms with van der Waals surface area (Å²) in [5, 5.41) is 5.94. The van der Waals surface area contributed by atoms with Crippen LogP contribution in [0, 0.1) is 5.82 Å². The second-order valence-corrected chi connectivity index (χ2v) is 6.82. The van der Waals surface area contributed by atoms with E-state index in [0.29, 0.717) is 6.07 Å². The van der Waals surface area contributed by atoms with Crippen molar-refractivity contribution in [2.45, 2.75) is 25.7 Å². The summed E-state index contributed by atoms with van der Waals surface area (Å²) in [6, 6.07) is 5.30. The Hall–Kier alpha value is -3.37. The van der Waals surface area contributed by atoms with Gasteiger partial charge in [-0.05, 0) is 54.4 Å². The third kappa shape index (κ3) is 4.92. The lowest BCUT2D eigenvalue weighted by Crippen LogP contribution is -2.33. The smallest absolute Gasteiger partial charge is 0.312 e. The first kappa shape index (κ1) is 23.3. The van der Waals surface area contributed by atoms with Crippen LogP contribution in [0.3, 0.4) is 0 Å². The maximum atomic E-state index is 13.8. The average molecular weight is 459 g/mol. The van der Waals surface area contributed by atoms with Crippen LogP contribution in [0.5, 0.6) is 0 Å². The number of nitrogens with zero attached hydrogens (tertiary/aromatic N) is 2. The number of carbonyl (C=O) groups is 1. The lowest BCUT2D eigenvalue weighted by molar-refractivity contribution is -0.143. The molecule has 0 aliphatic heterocycles. The van der Waals surface area contributed by atoms with Crippen LogP contribution in [0.2, 0.25) is 0 Å². The second kappa shape index (κ2) is 8.64. The number of aromatic amines is 1. The normalized spacial score (nSPS) is 12.1. The summed E-state index contributed by atoms with van der Waals surface area (Å²) in [4.78, 5) is 14.1. The van der Waals surface area contributed by atoms with Gasteiger partial charge < -0.3 is 4.90 Å². The third-order valence-electron chi connectivity index (χ3n) is 4.78. The van der Waals surface area contributed by atoms with Gasteiger partial charge in [-0.1, -0.05) is 0 Å². The van der Waals surface area contributed by atoms with Crippen molar-refractivity contribution in [3.05, 3.63) is 71.3 Å². The summed E-state index contributed by atoms with van der Waals surface area (Å²) >= 11 is 0. The Bertz CT molecular complexity index is 1090. The summed E-state index contributed by atoms with van der Waals surface area (Å²) in [6.45, 7) is 1.61. The molecule has 2 aromatic carbocycles. The van der Waals surface area contributed by atoms with Crippen molar-refractivity contribution in [3.63, 3.8) is 0 Å². The predicted octanol–water partition coefficient (Wildman–Crippen LogP) is 5.85. The fraction of sp³-hybridized carbons (Fsp3) is 0.238. The highest BCUT2D eigenvalue weighted by atomic mass is 19.4. The highest BCUT2D eigenvalue weighted by Crippen LogP contribution is 2.42. The highest BCUT2D eigenvalue weighted by molar-refractivity contribution is 5.96. The molecule has 0 saturated heterocycles. The van der Waals surface area contributed by atoms with Crippen molar-refractivity contribution >= 4 is 11.6 Å². The standard InChI is InChI=1S/C21H16F7N3O/c1-2-31(15-5-3-14(22)4-6-15)19(32)9-17-16(12-10-29-30-11-12)7-13(20(23,24)25)8-18(17)21(26,27)28/h3-8,10-11H,2,9H2,1H3,(H,29,30). The van der Waals surface area contributed by atoms with E-state index >= 15 is 0 Å². The maximum Gasteiger partial charge on any atom is 0.416 e. The quantitative estimate of drug-likeness (QED) is 0.487. The molecule has 1 N–H and O–H groups in total. The fourth-order valence-electron chi connectivity index (χ4n) is 3.31. The fourth-order valence-corrected chi connectivity index (χ4v) is 3.31. The van der Waals surface area contributed by atoms with Crippen molar-refractivity contribution in [3.8, 4) is 11.1 Å².